The van der Waals surface area contributed by atoms with Crippen LogP contribution < -0.4 is 0 Å². The number of nitrogens with zero attached hydrogens (tertiary/aromatic N) is 2. The third-order valence-electron chi connectivity index (χ3n) is 11.0. The van der Waals surface area contributed by atoms with Gasteiger partial charge >= 0.3 is 0 Å². The van der Waals surface area contributed by atoms with Gasteiger partial charge in [-0.05, 0) is 94.4 Å². The molecule has 0 atom stereocenters. The van der Waals surface area contributed by atoms with Gasteiger partial charge in [0.25, 0.3) is 0 Å². The summed E-state index contributed by atoms with van der Waals surface area (Å²) in [6.45, 7) is 6.08. The molecule has 0 saturated heterocycles. The fourth-order valence-electron chi connectivity index (χ4n) is 8.09. The number of hydrogen-bond donors (Lipinski definition) is 0. The third kappa shape index (κ3) is 8.97. The van der Waals surface area contributed by atoms with Crippen LogP contribution in [0.15, 0.2) is 140 Å². The minimum atomic E-state index is -0.777. The van der Waals surface area contributed by atoms with Crippen LogP contribution in [0.3, 0.4) is 0 Å². The summed E-state index contributed by atoms with van der Waals surface area (Å²) in [7, 11) is 0. The van der Waals surface area contributed by atoms with Crippen molar-refractivity contribution < 1.29 is 21.5 Å². The summed E-state index contributed by atoms with van der Waals surface area (Å²) in [5.41, 5.74) is 16.9. The topological polar surface area (TPSA) is 25.8 Å². The van der Waals surface area contributed by atoms with E-state index < -0.39 is 5.89 Å². The van der Waals surface area contributed by atoms with Crippen LogP contribution in [0.2, 0.25) is 0 Å². The van der Waals surface area contributed by atoms with Crippen molar-refractivity contribution in [2.45, 2.75) is 77.5 Å². The summed E-state index contributed by atoms with van der Waals surface area (Å²) < 4.78 is 8.93. The molecule has 0 N–H and O–H groups in total. The summed E-state index contributed by atoms with van der Waals surface area (Å²) >= 11 is 0. The summed E-state index contributed by atoms with van der Waals surface area (Å²) in [5, 5.41) is 0. The van der Waals surface area contributed by atoms with Gasteiger partial charge < -0.3 is 9.97 Å². The van der Waals surface area contributed by atoms with Gasteiger partial charge in [0.1, 0.15) is 0 Å². The normalized spacial score (nSPS) is 13.5. The Morgan fingerprint density at radius 1 is 0.636 bits per heavy atom. The van der Waals surface area contributed by atoms with Crippen molar-refractivity contribution in [2.75, 3.05) is 0 Å². The summed E-state index contributed by atoms with van der Waals surface area (Å²) in [4.78, 5) is 9.34. The second-order valence-electron chi connectivity index (χ2n) is 15.1. The van der Waals surface area contributed by atoms with Crippen LogP contribution in [0.1, 0.15) is 87.0 Å². The molecular weight excluding hydrogens is 845 g/mol. The first-order valence-corrected chi connectivity index (χ1v) is 19.5. The summed E-state index contributed by atoms with van der Waals surface area (Å²) in [5.74, 6) is -0.110. The monoisotopic (exact) mass is 894 g/mol. The molecule has 1 fully saturated rings. The van der Waals surface area contributed by atoms with Crippen molar-refractivity contribution >= 4 is 0 Å². The largest absolute Gasteiger partial charge is 0.305 e. The first-order valence-electron chi connectivity index (χ1n) is 20.0. The molecule has 1 aliphatic carbocycles. The van der Waals surface area contributed by atoms with E-state index >= 15 is 0 Å². The molecular formula is C52H48IrN2-2. The van der Waals surface area contributed by atoms with E-state index in [2.05, 4.69) is 133 Å². The zero-order valence-electron chi connectivity index (χ0n) is 33.0. The molecule has 0 amide bonds. The van der Waals surface area contributed by atoms with Crippen molar-refractivity contribution in [3.05, 3.63) is 180 Å². The number of benzene rings is 5. The van der Waals surface area contributed by atoms with Gasteiger partial charge in [0, 0.05) is 33.9 Å². The Kier molecular flexibility index (Phi) is 11.9. The molecule has 0 unspecified atom stereocenters. The maximum absolute atomic E-state index is 8.93. The van der Waals surface area contributed by atoms with E-state index in [-0.39, 0.29) is 20.1 Å². The van der Waals surface area contributed by atoms with E-state index in [0.29, 0.717) is 5.92 Å². The molecule has 1 saturated carbocycles. The van der Waals surface area contributed by atoms with Crippen molar-refractivity contribution in [1.82, 2.24) is 9.97 Å². The summed E-state index contributed by atoms with van der Waals surface area (Å²) in [6, 6.07) is 52.7. The number of hydrogen-bond acceptors (Lipinski definition) is 2. The number of aryl methyl sites for hydroxylation is 3. The smallest absolute Gasteiger partial charge is 0.0347 e. The average molecular weight is 894 g/mol. The molecule has 7 aromatic rings. The van der Waals surface area contributed by atoms with E-state index in [4.69, 9.17) is 6.35 Å². The maximum atomic E-state index is 8.93. The van der Waals surface area contributed by atoms with Crippen LogP contribution in [0.25, 0.3) is 55.9 Å². The molecule has 55 heavy (non-hydrogen) atoms. The van der Waals surface area contributed by atoms with Crippen LogP contribution in [0.4, 0.5) is 0 Å². The molecule has 8 rings (SSSR count). The fraction of sp³-hybridized carbons (Fsp3) is 0.231. The predicted octanol–water partition coefficient (Wildman–Crippen LogP) is 13.7. The van der Waals surface area contributed by atoms with E-state index in [9.17, 15) is 0 Å². The van der Waals surface area contributed by atoms with Gasteiger partial charge in [0.15, 0.2) is 0 Å². The Morgan fingerprint density at radius 3 is 2.02 bits per heavy atom. The van der Waals surface area contributed by atoms with Crippen molar-refractivity contribution in [3.8, 4) is 55.9 Å². The molecule has 3 heteroatoms. The van der Waals surface area contributed by atoms with Gasteiger partial charge in [-0.2, -0.15) is 0 Å². The van der Waals surface area contributed by atoms with Crippen LogP contribution in [0.5, 0.6) is 0 Å². The average Bonchev–Trinajstić information content (AvgIpc) is 3.23. The van der Waals surface area contributed by atoms with Gasteiger partial charge in [-0.15, -0.1) is 65.2 Å². The standard InChI is InChI=1S/C52H48N2.Ir/c1-36(2)50-35-54-52(34-49(50)43-24-22-41(23-25-43)40-11-5-4-6-12-40)45-28-26-42(27-29-45)47-13-7-8-14-48(47)46-32-37(3)31-39(33-46)17-16-38-18-20-44(21-19-38)51-15-9-10-30-53-51;/h7-10,13-15,18-20,22-28,30-36,40H,4-6,11-12,16-17H2,1-3H3;/q-2;/i36D;. The van der Waals surface area contributed by atoms with Gasteiger partial charge in [0.05, 0.1) is 0 Å². The van der Waals surface area contributed by atoms with Gasteiger partial charge in [-0.25, -0.2) is 0 Å². The fourth-order valence-corrected chi connectivity index (χ4v) is 8.09. The molecule has 277 valence electrons. The number of pyridine rings is 2. The predicted molar refractivity (Wildman–Crippen MR) is 225 cm³/mol. The number of aromatic nitrogens is 2. The van der Waals surface area contributed by atoms with Crippen LogP contribution in [-0.2, 0) is 32.9 Å². The Morgan fingerprint density at radius 2 is 1.33 bits per heavy atom. The zero-order valence-corrected chi connectivity index (χ0v) is 34.4. The SMILES string of the molecule is [2H]C(C)(C)c1cnc(-c2[c-]cc(-c3ccccc3-c3cc(C)cc(CCc4c[c-]c(-c5ccccn5)cc4)c3)cc2)cc1-c1ccc(C2CCCCC2)cc1.[Ir]. The van der Waals surface area contributed by atoms with E-state index in [1.54, 1.807) is 0 Å². The first-order chi connectivity index (χ1) is 26.8. The minimum Gasteiger partial charge on any atom is -0.305 e. The molecule has 0 bridgehead atoms. The van der Waals surface area contributed by atoms with Crippen molar-refractivity contribution in [1.29, 1.82) is 0 Å². The molecule has 2 nitrogen and oxygen atoms in total. The zero-order chi connectivity index (χ0) is 37.8. The van der Waals surface area contributed by atoms with Gasteiger partial charge in [-0.1, -0.05) is 141 Å². The number of rotatable bonds is 10. The van der Waals surface area contributed by atoms with E-state index in [1.807, 2.05) is 44.4 Å². The van der Waals surface area contributed by atoms with Gasteiger partial charge in [0.2, 0.25) is 0 Å². The van der Waals surface area contributed by atoms with Crippen molar-refractivity contribution in [3.63, 3.8) is 0 Å². The van der Waals surface area contributed by atoms with Crippen LogP contribution in [0, 0.1) is 19.1 Å². The van der Waals surface area contributed by atoms with Gasteiger partial charge in [-0.3, -0.25) is 0 Å². The molecule has 1 aliphatic rings. The Labute approximate surface area is 342 Å². The second kappa shape index (κ2) is 17.7. The molecule has 2 aromatic heterocycles. The first kappa shape index (κ1) is 37.0. The Hall–Kier alpha value is -4.95. The Balaban J connectivity index is 0.00000480. The Bertz CT molecular complexity index is 2370. The van der Waals surface area contributed by atoms with E-state index in [0.717, 1.165) is 57.6 Å². The molecule has 0 aliphatic heterocycles. The second-order valence-corrected chi connectivity index (χ2v) is 15.1. The summed E-state index contributed by atoms with van der Waals surface area (Å²) in [6.07, 6.45) is 12.2. The van der Waals surface area contributed by atoms with E-state index in [1.165, 1.54) is 71.0 Å². The molecule has 0 spiro atoms. The van der Waals surface area contributed by atoms with Crippen molar-refractivity contribution in [2.24, 2.45) is 0 Å². The molecule has 5 aromatic carbocycles. The molecule has 1 radical (unpaired) electrons. The molecule has 2 heterocycles. The van der Waals surface area contributed by atoms with Crippen LogP contribution >= 0.6 is 0 Å². The minimum absolute atomic E-state index is 0. The van der Waals surface area contributed by atoms with Crippen LogP contribution in [-0.4, -0.2) is 9.97 Å². The maximum Gasteiger partial charge on any atom is 0.0347 e. The quantitative estimate of drug-likeness (QED) is 0.128. The third-order valence-corrected chi connectivity index (χ3v) is 11.0.